The monoisotopic (exact) mass is 414 g/mol. The summed E-state index contributed by atoms with van der Waals surface area (Å²) in [7, 11) is -3.22. The molecule has 2 saturated heterocycles. The lowest BCUT2D eigenvalue weighted by Crippen LogP contribution is -2.52. The van der Waals surface area contributed by atoms with Crippen molar-refractivity contribution < 1.29 is 17.9 Å². The second-order valence-electron chi connectivity index (χ2n) is 8.81. The van der Waals surface area contributed by atoms with E-state index in [1.165, 1.54) is 0 Å². The van der Waals surface area contributed by atoms with Crippen molar-refractivity contribution in [2.75, 3.05) is 26.2 Å². The molecule has 162 valence electrons. The van der Waals surface area contributed by atoms with Crippen molar-refractivity contribution in [3.8, 4) is 0 Å². The van der Waals surface area contributed by atoms with Crippen LogP contribution in [0.15, 0.2) is 0 Å². The van der Waals surface area contributed by atoms with E-state index in [2.05, 4.69) is 0 Å². The molecule has 3 fully saturated rings. The molecule has 1 aliphatic carbocycles. The molecular formula is C21H38N2O4S. The van der Waals surface area contributed by atoms with Crippen LogP contribution in [0.2, 0.25) is 0 Å². The second kappa shape index (κ2) is 9.43. The van der Waals surface area contributed by atoms with Gasteiger partial charge in [0.1, 0.15) is 0 Å². The number of amides is 1. The van der Waals surface area contributed by atoms with Gasteiger partial charge in [0.05, 0.1) is 17.0 Å². The fraction of sp³-hybridized carbons (Fsp3) is 0.952. The zero-order chi connectivity index (χ0) is 20.2. The second-order valence-corrected chi connectivity index (χ2v) is 11.0. The van der Waals surface area contributed by atoms with E-state index in [1.807, 2.05) is 18.7 Å². The highest BCUT2D eigenvalue weighted by Crippen LogP contribution is 2.40. The summed E-state index contributed by atoms with van der Waals surface area (Å²) in [4.78, 5) is 14.1. The molecule has 28 heavy (non-hydrogen) atoms. The third-order valence-electron chi connectivity index (χ3n) is 6.97. The highest BCUT2D eigenvalue weighted by atomic mass is 32.2. The maximum atomic E-state index is 13.1. The number of piperidine rings is 1. The van der Waals surface area contributed by atoms with E-state index < -0.39 is 10.0 Å². The Bertz CT molecular complexity index is 628. The van der Waals surface area contributed by atoms with Crippen molar-refractivity contribution in [1.29, 1.82) is 0 Å². The van der Waals surface area contributed by atoms with E-state index in [0.29, 0.717) is 19.5 Å². The molecule has 0 unspecified atom stereocenters. The van der Waals surface area contributed by atoms with Gasteiger partial charge in [0.2, 0.25) is 15.9 Å². The summed E-state index contributed by atoms with van der Waals surface area (Å²) in [5.41, 5.74) is -0.330. The van der Waals surface area contributed by atoms with E-state index in [9.17, 15) is 13.2 Å². The average molecular weight is 415 g/mol. The van der Waals surface area contributed by atoms with Crippen molar-refractivity contribution in [3.05, 3.63) is 0 Å². The van der Waals surface area contributed by atoms with Crippen molar-refractivity contribution in [3.63, 3.8) is 0 Å². The van der Waals surface area contributed by atoms with Crippen LogP contribution in [0.5, 0.6) is 0 Å². The van der Waals surface area contributed by atoms with Crippen LogP contribution in [0, 0.1) is 0 Å². The first kappa shape index (κ1) is 22.0. The Balaban J connectivity index is 1.55. The number of hydrogen-bond acceptors (Lipinski definition) is 4. The Kier molecular flexibility index (Phi) is 7.42. The van der Waals surface area contributed by atoms with Crippen LogP contribution in [-0.2, 0) is 19.6 Å². The number of nitrogens with zero attached hydrogens (tertiary/aromatic N) is 2. The number of carbonyl (C=O) groups is 1. The minimum atomic E-state index is -3.22. The van der Waals surface area contributed by atoms with Gasteiger partial charge in [-0.15, -0.1) is 0 Å². The maximum Gasteiger partial charge on any atom is 0.222 e. The quantitative estimate of drug-likeness (QED) is 0.641. The third kappa shape index (κ3) is 4.90. The highest BCUT2D eigenvalue weighted by Gasteiger charge is 2.47. The predicted molar refractivity (Wildman–Crippen MR) is 111 cm³/mol. The van der Waals surface area contributed by atoms with Crippen molar-refractivity contribution in [2.45, 2.75) is 101 Å². The molecule has 0 aromatic rings. The normalized spacial score (nSPS) is 30.0. The Morgan fingerprint density at radius 2 is 1.79 bits per heavy atom. The molecule has 1 saturated carbocycles. The van der Waals surface area contributed by atoms with Crippen molar-refractivity contribution >= 4 is 15.9 Å². The molecule has 1 spiro atoms. The van der Waals surface area contributed by atoms with Gasteiger partial charge in [0.25, 0.3) is 0 Å². The third-order valence-corrected chi connectivity index (χ3v) is 9.32. The topological polar surface area (TPSA) is 66.9 Å². The lowest BCUT2D eigenvalue weighted by Gasteiger charge is -2.41. The van der Waals surface area contributed by atoms with Crippen molar-refractivity contribution in [2.24, 2.45) is 0 Å². The van der Waals surface area contributed by atoms with E-state index in [0.717, 1.165) is 77.3 Å². The molecule has 3 aliphatic rings. The number of sulfonamides is 1. The molecule has 0 N–H and O–H groups in total. The zero-order valence-corrected chi connectivity index (χ0v) is 18.5. The summed E-state index contributed by atoms with van der Waals surface area (Å²) in [5, 5.41) is -0.194. The lowest BCUT2D eigenvalue weighted by molar-refractivity contribution is -0.132. The van der Waals surface area contributed by atoms with Gasteiger partial charge in [-0.2, -0.15) is 4.31 Å². The number of ether oxygens (including phenoxy) is 1. The van der Waals surface area contributed by atoms with Crippen molar-refractivity contribution in [1.82, 2.24) is 9.21 Å². The Morgan fingerprint density at radius 1 is 1.07 bits per heavy atom. The predicted octanol–water partition coefficient (Wildman–Crippen LogP) is 3.31. The first-order valence-electron chi connectivity index (χ1n) is 11.3. The number of hydrogen-bond donors (Lipinski definition) is 0. The van der Waals surface area contributed by atoms with Gasteiger partial charge in [0.15, 0.2) is 0 Å². The highest BCUT2D eigenvalue weighted by molar-refractivity contribution is 7.89. The molecule has 7 heteroatoms. The van der Waals surface area contributed by atoms with E-state index in [4.69, 9.17) is 4.74 Å². The smallest absolute Gasteiger partial charge is 0.222 e. The van der Waals surface area contributed by atoms with Gasteiger partial charge in [-0.3, -0.25) is 4.79 Å². The maximum absolute atomic E-state index is 13.1. The Labute approximate surface area is 171 Å². The SMILES string of the molecule is CCN(CC)C(=O)CC[C@H]1CC[C@]2(CCCN(S(=O)(=O)C3CCCCC3)C2)O1. The molecule has 1 amide bonds. The van der Waals surface area contributed by atoms with Gasteiger partial charge >= 0.3 is 0 Å². The van der Waals surface area contributed by atoms with E-state index in [1.54, 1.807) is 4.31 Å². The fourth-order valence-electron chi connectivity index (χ4n) is 5.27. The molecule has 0 bridgehead atoms. The average Bonchev–Trinajstić information content (AvgIpc) is 3.10. The van der Waals surface area contributed by atoms with Gasteiger partial charge in [-0.05, 0) is 58.8 Å². The van der Waals surface area contributed by atoms with Crippen LogP contribution < -0.4 is 0 Å². The molecule has 2 atom stereocenters. The molecule has 6 nitrogen and oxygen atoms in total. The fourth-order valence-corrected chi connectivity index (χ4v) is 7.42. The van der Waals surface area contributed by atoms with E-state index in [-0.39, 0.29) is 22.9 Å². The summed E-state index contributed by atoms with van der Waals surface area (Å²) in [6.07, 6.45) is 9.83. The molecule has 0 radical (unpaired) electrons. The Morgan fingerprint density at radius 3 is 2.46 bits per heavy atom. The molecule has 3 rings (SSSR count). The molecule has 2 aliphatic heterocycles. The van der Waals surface area contributed by atoms with Gasteiger partial charge in [0, 0.05) is 32.6 Å². The number of rotatable bonds is 7. The van der Waals surface area contributed by atoms with E-state index >= 15 is 0 Å². The summed E-state index contributed by atoms with van der Waals surface area (Å²) >= 11 is 0. The minimum Gasteiger partial charge on any atom is -0.370 e. The van der Waals surface area contributed by atoms with Crippen LogP contribution in [-0.4, -0.2) is 66.7 Å². The summed E-state index contributed by atoms with van der Waals surface area (Å²) in [6.45, 7) is 6.65. The lowest BCUT2D eigenvalue weighted by atomic mass is 9.91. The summed E-state index contributed by atoms with van der Waals surface area (Å²) in [6, 6.07) is 0. The standard InChI is InChI=1S/C21H38N2O4S/c1-3-22(4-2)20(24)12-11-18-13-15-21(27-18)14-8-16-23(17-21)28(25,26)19-9-6-5-7-10-19/h18-19H,3-17H2,1-2H3/t18-,21-/m0/s1. The molecule has 0 aromatic carbocycles. The summed E-state index contributed by atoms with van der Waals surface area (Å²) in [5.74, 6) is 0.194. The van der Waals surface area contributed by atoms with Crippen LogP contribution in [0.3, 0.4) is 0 Å². The largest absolute Gasteiger partial charge is 0.370 e. The van der Waals surface area contributed by atoms with Gasteiger partial charge in [-0.25, -0.2) is 8.42 Å². The van der Waals surface area contributed by atoms with Crippen LogP contribution in [0.25, 0.3) is 0 Å². The Hall–Kier alpha value is -0.660. The first-order chi connectivity index (χ1) is 13.4. The first-order valence-corrected chi connectivity index (χ1v) is 12.8. The molecule has 2 heterocycles. The van der Waals surface area contributed by atoms with Crippen LogP contribution >= 0.6 is 0 Å². The van der Waals surface area contributed by atoms with Crippen LogP contribution in [0.1, 0.15) is 84.5 Å². The van der Waals surface area contributed by atoms with Gasteiger partial charge < -0.3 is 9.64 Å². The summed E-state index contributed by atoms with van der Waals surface area (Å²) < 4.78 is 34.4. The van der Waals surface area contributed by atoms with Gasteiger partial charge in [-0.1, -0.05) is 19.3 Å². The number of carbonyl (C=O) groups excluding carboxylic acids is 1. The van der Waals surface area contributed by atoms with Crippen LogP contribution in [0.4, 0.5) is 0 Å². The molecule has 0 aromatic heterocycles. The molecular weight excluding hydrogens is 376 g/mol. The minimum absolute atomic E-state index is 0.0804. The zero-order valence-electron chi connectivity index (χ0n) is 17.7.